The zero-order chi connectivity index (χ0) is 17.8. The minimum Gasteiger partial charge on any atom is -0.479 e. The molecule has 5 nitrogen and oxygen atoms in total. The number of carboxylic acid groups (broad SMARTS) is 1. The molecule has 1 N–H and O–H groups in total. The van der Waals surface area contributed by atoms with Crippen LogP contribution in [0.5, 0.6) is 0 Å². The molecule has 0 aliphatic heterocycles. The average Bonchev–Trinajstić information content (AvgIpc) is 3.46. The fraction of sp³-hybridized carbons (Fsp3) is 0.300. The lowest BCUT2D eigenvalue weighted by Crippen LogP contribution is -2.36. The topological polar surface area (TPSA) is 66.8 Å². The third kappa shape index (κ3) is 4.18. The predicted molar refractivity (Wildman–Crippen MR) is 93.2 cm³/mol. The molecule has 0 spiro atoms. The highest BCUT2D eigenvalue weighted by Crippen LogP contribution is 2.40. The first-order chi connectivity index (χ1) is 12.1. The zero-order valence-electron chi connectivity index (χ0n) is 14.1. The molecular formula is C20H21NO4. The van der Waals surface area contributed by atoms with Crippen molar-refractivity contribution in [2.45, 2.75) is 31.4 Å². The van der Waals surface area contributed by atoms with E-state index in [0.717, 1.165) is 10.5 Å². The molecule has 0 heterocycles. The van der Waals surface area contributed by atoms with E-state index < -0.39 is 18.1 Å². The van der Waals surface area contributed by atoms with Gasteiger partial charge in [0.15, 0.2) is 6.04 Å². The molecule has 3 rings (SSSR count). The van der Waals surface area contributed by atoms with E-state index in [1.807, 2.05) is 42.5 Å². The predicted octanol–water partition coefficient (Wildman–Crippen LogP) is 3.96. The molecule has 25 heavy (non-hydrogen) atoms. The zero-order valence-corrected chi connectivity index (χ0v) is 14.1. The van der Waals surface area contributed by atoms with Gasteiger partial charge in [-0.2, -0.15) is 0 Å². The molecule has 0 radical (unpaired) electrons. The number of carbonyl (C=O) groups is 2. The van der Waals surface area contributed by atoms with Gasteiger partial charge in [0, 0.05) is 7.05 Å². The smallest absolute Gasteiger partial charge is 0.410 e. The van der Waals surface area contributed by atoms with Gasteiger partial charge in [-0.05, 0) is 35.4 Å². The number of nitrogens with zero attached hydrogens (tertiary/aromatic N) is 1. The van der Waals surface area contributed by atoms with Crippen LogP contribution >= 0.6 is 0 Å². The summed E-state index contributed by atoms with van der Waals surface area (Å²) >= 11 is 0. The largest absolute Gasteiger partial charge is 0.479 e. The molecule has 0 saturated heterocycles. The Bertz CT molecular complexity index is 738. The number of carboxylic acids is 1. The number of amides is 1. The van der Waals surface area contributed by atoms with Crippen LogP contribution in [0.4, 0.5) is 4.79 Å². The van der Waals surface area contributed by atoms with Crippen LogP contribution in [0.1, 0.15) is 41.5 Å². The van der Waals surface area contributed by atoms with Gasteiger partial charge in [-0.3, -0.25) is 4.90 Å². The second kappa shape index (κ2) is 7.38. The van der Waals surface area contributed by atoms with Crippen LogP contribution in [0.15, 0.2) is 54.6 Å². The van der Waals surface area contributed by atoms with Crippen LogP contribution in [0, 0.1) is 0 Å². The van der Waals surface area contributed by atoms with E-state index in [2.05, 4.69) is 0 Å². The van der Waals surface area contributed by atoms with Crippen LogP contribution < -0.4 is 0 Å². The number of hydrogen-bond acceptors (Lipinski definition) is 3. The van der Waals surface area contributed by atoms with Crippen LogP contribution in [0.2, 0.25) is 0 Å². The van der Waals surface area contributed by atoms with Crippen LogP contribution in [0.25, 0.3) is 0 Å². The molecule has 0 aromatic heterocycles. The van der Waals surface area contributed by atoms with Crippen molar-refractivity contribution < 1.29 is 19.4 Å². The highest BCUT2D eigenvalue weighted by atomic mass is 16.6. The minimum atomic E-state index is -1.08. The van der Waals surface area contributed by atoms with Crippen molar-refractivity contribution in [1.29, 1.82) is 0 Å². The Morgan fingerprint density at radius 3 is 2.32 bits per heavy atom. The summed E-state index contributed by atoms with van der Waals surface area (Å²) in [5, 5.41) is 9.57. The lowest BCUT2D eigenvalue weighted by atomic mass is 10.0. The third-order valence-corrected chi connectivity index (χ3v) is 4.42. The number of aliphatic carboxylic acids is 1. The summed E-state index contributed by atoms with van der Waals surface area (Å²) < 4.78 is 5.24. The van der Waals surface area contributed by atoms with E-state index in [9.17, 15) is 14.7 Å². The van der Waals surface area contributed by atoms with Gasteiger partial charge in [0.05, 0.1) is 0 Å². The van der Waals surface area contributed by atoms with Crippen molar-refractivity contribution in [3.63, 3.8) is 0 Å². The van der Waals surface area contributed by atoms with E-state index in [0.29, 0.717) is 11.5 Å². The van der Waals surface area contributed by atoms with Gasteiger partial charge in [-0.15, -0.1) is 0 Å². The first-order valence-electron chi connectivity index (χ1n) is 8.32. The summed E-state index contributed by atoms with van der Waals surface area (Å²) in [6.07, 6.45) is 1.71. The normalized spacial score (nSPS) is 14.6. The third-order valence-electron chi connectivity index (χ3n) is 4.42. The van der Waals surface area contributed by atoms with Crippen LogP contribution in [-0.4, -0.2) is 29.1 Å². The Kier molecular flexibility index (Phi) is 5.03. The van der Waals surface area contributed by atoms with Gasteiger partial charge >= 0.3 is 12.1 Å². The van der Waals surface area contributed by atoms with E-state index in [1.165, 1.54) is 25.5 Å². The van der Waals surface area contributed by atoms with Crippen molar-refractivity contribution in [3.05, 3.63) is 71.3 Å². The molecule has 1 atom stereocenters. The molecule has 1 saturated carbocycles. The number of benzene rings is 2. The van der Waals surface area contributed by atoms with Crippen LogP contribution in [-0.2, 0) is 16.1 Å². The average molecular weight is 339 g/mol. The molecule has 1 aliphatic carbocycles. The molecule has 1 amide bonds. The molecule has 0 bridgehead atoms. The Morgan fingerprint density at radius 2 is 1.76 bits per heavy atom. The summed E-state index contributed by atoms with van der Waals surface area (Å²) in [4.78, 5) is 25.1. The monoisotopic (exact) mass is 339 g/mol. The maximum absolute atomic E-state index is 12.3. The Balaban J connectivity index is 1.68. The van der Waals surface area contributed by atoms with Crippen molar-refractivity contribution >= 4 is 12.1 Å². The molecule has 2 aromatic carbocycles. The molecule has 2 aromatic rings. The van der Waals surface area contributed by atoms with Crippen LogP contribution in [0.3, 0.4) is 0 Å². The van der Waals surface area contributed by atoms with E-state index >= 15 is 0 Å². The number of hydrogen-bond donors (Lipinski definition) is 1. The van der Waals surface area contributed by atoms with Crippen molar-refractivity contribution in [3.8, 4) is 0 Å². The highest BCUT2D eigenvalue weighted by molar-refractivity contribution is 5.81. The lowest BCUT2D eigenvalue weighted by molar-refractivity contribution is -0.142. The van der Waals surface area contributed by atoms with E-state index in [1.54, 1.807) is 12.1 Å². The second-order valence-electron chi connectivity index (χ2n) is 6.33. The number of likely N-dealkylation sites (N-methyl/N-ethyl adjacent to an activating group) is 1. The lowest BCUT2D eigenvalue weighted by Gasteiger charge is -2.24. The maximum Gasteiger partial charge on any atom is 0.410 e. The summed E-state index contributed by atoms with van der Waals surface area (Å²) in [5.41, 5.74) is 2.64. The molecule has 130 valence electrons. The number of rotatable bonds is 6. The summed E-state index contributed by atoms with van der Waals surface area (Å²) in [5.74, 6) is -0.482. The fourth-order valence-electron chi connectivity index (χ4n) is 2.83. The Morgan fingerprint density at radius 1 is 1.12 bits per heavy atom. The highest BCUT2D eigenvalue weighted by Gasteiger charge is 2.30. The Hall–Kier alpha value is -2.82. The summed E-state index contributed by atoms with van der Waals surface area (Å²) in [6, 6.07) is 15.7. The Labute approximate surface area is 146 Å². The van der Waals surface area contributed by atoms with Gasteiger partial charge in [-0.25, -0.2) is 9.59 Å². The first kappa shape index (κ1) is 17.0. The van der Waals surface area contributed by atoms with E-state index in [4.69, 9.17) is 4.74 Å². The molecule has 1 aliphatic rings. The first-order valence-corrected chi connectivity index (χ1v) is 8.32. The quantitative estimate of drug-likeness (QED) is 0.865. The van der Waals surface area contributed by atoms with Crippen molar-refractivity contribution in [1.82, 2.24) is 4.90 Å². The number of carbonyl (C=O) groups excluding carboxylic acids is 1. The van der Waals surface area contributed by atoms with Gasteiger partial charge in [0.25, 0.3) is 0 Å². The van der Waals surface area contributed by atoms with Gasteiger partial charge in [0.2, 0.25) is 0 Å². The van der Waals surface area contributed by atoms with Crippen molar-refractivity contribution in [2.75, 3.05) is 7.05 Å². The minimum absolute atomic E-state index is 0.108. The SMILES string of the molecule is CN(C(=O)OCc1ccccc1)C(C(=O)O)c1ccc(C2CC2)cc1. The maximum atomic E-state index is 12.3. The molecule has 1 unspecified atom stereocenters. The summed E-state index contributed by atoms with van der Waals surface area (Å²) in [6.45, 7) is 0.108. The molecule has 1 fully saturated rings. The molecule has 5 heteroatoms. The van der Waals surface area contributed by atoms with Gasteiger partial charge in [-0.1, -0.05) is 54.6 Å². The van der Waals surface area contributed by atoms with Gasteiger partial charge < -0.3 is 9.84 Å². The van der Waals surface area contributed by atoms with E-state index in [-0.39, 0.29) is 6.61 Å². The number of ether oxygens (including phenoxy) is 1. The standard InChI is InChI=1S/C20H21NO4/c1-21(20(24)25-13-14-5-3-2-4-6-14)18(19(22)23)17-11-9-16(10-12-17)15-7-8-15/h2-6,9-12,15,18H,7-8,13H2,1H3,(H,22,23). The molecular weight excluding hydrogens is 318 g/mol. The second-order valence-corrected chi connectivity index (χ2v) is 6.33. The summed E-state index contributed by atoms with van der Waals surface area (Å²) in [7, 11) is 1.45. The van der Waals surface area contributed by atoms with Gasteiger partial charge in [0.1, 0.15) is 6.61 Å². The fourth-order valence-corrected chi connectivity index (χ4v) is 2.83. The van der Waals surface area contributed by atoms with Crippen molar-refractivity contribution in [2.24, 2.45) is 0 Å².